The molecule has 0 fully saturated rings. The first-order valence-electron chi connectivity index (χ1n) is 7.27. The minimum absolute atomic E-state index is 0.318. The number of terminal acetylenes is 1. The van der Waals surface area contributed by atoms with Crippen LogP contribution < -0.4 is 10.6 Å². The Labute approximate surface area is 128 Å². The molecule has 120 valence electrons. The molecular weight excluding hydrogens is 268 g/mol. The van der Waals surface area contributed by atoms with Crippen molar-refractivity contribution in [3.63, 3.8) is 0 Å². The lowest BCUT2D eigenvalue weighted by molar-refractivity contribution is 0.0266. The molecule has 0 heterocycles. The smallest absolute Gasteiger partial charge is 0.410 e. The highest BCUT2D eigenvalue weighted by Gasteiger charge is 2.20. The molecule has 2 N–H and O–H groups in total. The van der Waals surface area contributed by atoms with Crippen LogP contribution in [-0.2, 0) is 4.74 Å². The standard InChI is InChI=1S/C15H28N4O2/c1-7-10-17-13(16-8-2)18-11-12-19(9-3)14(20)21-15(4,5)6/h1H,8-12H2,2-6H3,(H2,16,17,18). The highest BCUT2D eigenvalue weighted by molar-refractivity contribution is 5.80. The van der Waals surface area contributed by atoms with Crippen molar-refractivity contribution in [1.29, 1.82) is 0 Å². The third-order valence-electron chi connectivity index (χ3n) is 2.38. The Morgan fingerprint density at radius 3 is 2.48 bits per heavy atom. The fourth-order valence-electron chi connectivity index (χ4n) is 1.46. The summed E-state index contributed by atoms with van der Waals surface area (Å²) in [4.78, 5) is 18.0. The molecule has 0 radical (unpaired) electrons. The number of hydrogen-bond acceptors (Lipinski definition) is 3. The number of carbonyl (C=O) groups excluding carboxylic acids is 1. The molecule has 0 bridgehead atoms. The molecule has 0 unspecified atom stereocenters. The second-order valence-corrected chi connectivity index (χ2v) is 5.38. The van der Waals surface area contributed by atoms with Gasteiger partial charge in [0.1, 0.15) is 5.60 Å². The number of carbonyl (C=O) groups is 1. The summed E-state index contributed by atoms with van der Waals surface area (Å²) in [5.74, 6) is 3.14. The van der Waals surface area contributed by atoms with E-state index in [1.807, 2.05) is 34.6 Å². The number of likely N-dealkylation sites (N-methyl/N-ethyl adjacent to an activating group) is 1. The zero-order valence-corrected chi connectivity index (χ0v) is 13.8. The zero-order valence-electron chi connectivity index (χ0n) is 13.8. The highest BCUT2D eigenvalue weighted by atomic mass is 16.6. The van der Waals surface area contributed by atoms with Gasteiger partial charge in [-0.05, 0) is 34.6 Å². The summed E-state index contributed by atoms with van der Waals surface area (Å²) >= 11 is 0. The molecule has 6 nitrogen and oxygen atoms in total. The topological polar surface area (TPSA) is 66.0 Å². The van der Waals surface area contributed by atoms with Crippen LogP contribution in [0.2, 0.25) is 0 Å². The molecule has 6 heteroatoms. The van der Waals surface area contributed by atoms with Gasteiger partial charge >= 0.3 is 6.09 Å². The van der Waals surface area contributed by atoms with Gasteiger partial charge < -0.3 is 20.3 Å². The molecule has 0 aromatic carbocycles. The average molecular weight is 296 g/mol. The van der Waals surface area contributed by atoms with E-state index in [0.29, 0.717) is 32.1 Å². The Hall–Kier alpha value is -1.90. The number of ether oxygens (including phenoxy) is 1. The highest BCUT2D eigenvalue weighted by Crippen LogP contribution is 2.09. The molecular formula is C15H28N4O2. The van der Waals surface area contributed by atoms with E-state index in [1.54, 1.807) is 4.90 Å². The number of hydrogen-bond donors (Lipinski definition) is 2. The molecule has 1 amide bonds. The third kappa shape index (κ3) is 9.61. The predicted octanol–water partition coefficient (Wildman–Crippen LogP) is 1.43. The molecule has 0 aromatic rings. The van der Waals surface area contributed by atoms with Gasteiger partial charge in [-0.15, -0.1) is 6.42 Å². The lowest BCUT2D eigenvalue weighted by atomic mass is 10.2. The fourth-order valence-corrected chi connectivity index (χ4v) is 1.46. The quantitative estimate of drug-likeness (QED) is 0.442. The molecule has 0 spiro atoms. The lowest BCUT2D eigenvalue weighted by Gasteiger charge is -2.26. The Morgan fingerprint density at radius 2 is 2.00 bits per heavy atom. The van der Waals surface area contributed by atoms with Gasteiger partial charge in [0.25, 0.3) is 0 Å². The molecule has 0 aliphatic carbocycles. The van der Waals surface area contributed by atoms with Gasteiger partial charge in [0.05, 0.1) is 13.1 Å². The van der Waals surface area contributed by atoms with Crippen LogP contribution >= 0.6 is 0 Å². The van der Waals surface area contributed by atoms with Gasteiger partial charge in [-0.25, -0.2) is 4.79 Å². The molecule has 0 aliphatic rings. The van der Waals surface area contributed by atoms with Crippen molar-refractivity contribution < 1.29 is 9.53 Å². The number of guanidine groups is 1. The van der Waals surface area contributed by atoms with E-state index in [9.17, 15) is 4.79 Å². The Balaban J connectivity index is 4.42. The van der Waals surface area contributed by atoms with Crippen molar-refractivity contribution in [2.45, 2.75) is 40.2 Å². The van der Waals surface area contributed by atoms with Crippen LogP contribution in [0, 0.1) is 12.3 Å². The number of nitrogens with zero attached hydrogens (tertiary/aromatic N) is 2. The second-order valence-electron chi connectivity index (χ2n) is 5.38. The number of rotatable bonds is 6. The minimum Gasteiger partial charge on any atom is -0.444 e. The summed E-state index contributed by atoms with van der Waals surface area (Å²) in [6.07, 6.45) is 4.89. The lowest BCUT2D eigenvalue weighted by Crippen LogP contribution is -2.40. The predicted molar refractivity (Wildman–Crippen MR) is 86.3 cm³/mol. The summed E-state index contributed by atoms with van der Waals surface area (Å²) in [6, 6.07) is 0. The maximum Gasteiger partial charge on any atom is 0.410 e. The molecule has 0 aliphatic heterocycles. The van der Waals surface area contributed by atoms with Gasteiger partial charge in [-0.1, -0.05) is 5.92 Å². The maximum atomic E-state index is 12.0. The first-order valence-corrected chi connectivity index (χ1v) is 7.27. The first kappa shape index (κ1) is 19.1. The fraction of sp³-hybridized carbons (Fsp3) is 0.733. The summed E-state index contributed by atoms with van der Waals surface area (Å²) < 4.78 is 5.34. The van der Waals surface area contributed by atoms with Crippen molar-refractivity contribution in [1.82, 2.24) is 15.5 Å². The molecule has 0 saturated heterocycles. The van der Waals surface area contributed by atoms with Gasteiger partial charge in [-0.3, -0.25) is 4.99 Å². The molecule has 0 saturated carbocycles. The van der Waals surface area contributed by atoms with Gasteiger partial charge in [0, 0.05) is 19.6 Å². The first-order chi connectivity index (χ1) is 9.84. The molecule has 0 aromatic heterocycles. The SMILES string of the molecule is C#CCNC(=NCCN(CC)C(=O)OC(C)(C)C)NCC. The largest absolute Gasteiger partial charge is 0.444 e. The van der Waals surface area contributed by atoms with Crippen LogP contribution in [0.4, 0.5) is 4.79 Å². The third-order valence-corrected chi connectivity index (χ3v) is 2.38. The van der Waals surface area contributed by atoms with Gasteiger partial charge in [0.15, 0.2) is 5.96 Å². The zero-order chi connectivity index (χ0) is 16.3. The average Bonchev–Trinajstić information content (AvgIpc) is 2.38. The summed E-state index contributed by atoms with van der Waals surface area (Å²) in [7, 11) is 0. The second kappa shape index (κ2) is 9.92. The van der Waals surface area contributed by atoms with Gasteiger partial charge in [0.2, 0.25) is 0 Å². The van der Waals surface area contributed by atoms with Crippen LogP contribution in [-0.4, -0.2) is 55.3 Å². The summed E-state index contributed by atoms with van der Waals surface area (Å²) in [5, 5.41) is 6.08. The van der Waals surface area contributed by atoms with Crippen LogP contribution in [0.5, 0.6) is 0 Å². The van der Waals surface area contributed by atoms with E-state index in [2.05, 4.69) is 21.5 Å². The van der Waals surface area contributed by atoms with E-state index >= 15 is 0 Å². The van der Waals surface area contributed by atoms with Gasteiger partial charge in [-0.2, -0.15) is 0 Å². The molecule has 21 heavy (non-hydrogen) atoms. The van der Waals surface area contributed by atoms with E-state index in [-0.39, 0.29) is 6.09 Å². The van der Waals surface area contributed by atoms with Crippen LogP contribution in [0.3, 0.4) is 0 Å². The summed E-state index contributed by atoms with van der Waals surface area (Å²) in [5.41, 5.74) is -0.489. The normalized spacial score (nSPS) is 11.5. The van der Waals surface area contributed by atoms with Crippen molar-refractivity contribution in [2.75, 3.05) is 32.7 Å². The monoisotopic (exact) mass is 296 g/mol. The van der Waals surface area contributed by atoms with E-state index < -0.39 is 5.60 Å². The van der Waals surface area contributed by atoms with Crippen LogP contribution in [0.1, 0.15) is 34.6 Å². The number of amides is 1. The maximum absolute atomic E-state index is 12.0. The Kier molecular flexibility index (Phi) is 9.02. The molecule has 0 rings (SSSR count). The van der Waals surface area contributed by atoms with Crippen molar-refractivity contribution in [3.05, 3.63) is 0 Å². The number of nitrogens with one attached hydrogen (secondary N) is 2. The van der Waals surface area contributed by atoms with Crippen molar-refractivity contribution in [3.8, 4) is 12.3 Å². The molecule has 0 atom stereocenters. The summed E-state index contributed by atoms with van der Waals surface area (Å²) in [6.45, 7) is 12.2. The minimum atomic E-state index is -0.489. The van der Waals surface area contributed by atoms with Crippen LogP contribution in [0.15, 0.2) is 4.99 Å². The van der Waals surface area contributed by atoms with Crippen molar-refractivity contribution >= 4 is 12.1 Å². The van der Waals surface area contributed by atoms with Crippen LogP contribution in [0.25, 0.3) is 0 Å². The van der Waals surface area contributed by atoms with E-state index in [4.69, 9.17) is 11.2 Å². The number of aliphatic imine (C=N–C) groups is 1. The van der Waals surface area contributed by atoms with E-state index in [0.717, 1.165) is 6.54 Å². The Morgan fingerprint density at radius 1 is 1.33 bits per heavy atom. The van der Waals surface area contributed by atoms with Crippen molar-refractivity contribution in [2.24, 2.45) is 4.99 Å². The Bertz CT molecular complexity index is 380. The van der Waals surface area contributed by atoms with E-state index in [1.165, 1.54) is 0 Å².